The van der Waals surface area contributed by atoms with Gasteiger partial charge < -0.3 is 9.30 Å². The van der Waals surface area contributed by atoms with E-state index in [0.29, 0.717) is 19.0 Å². The van der Waals surface area contributed by atoms with Crippen molar-refractivity contribution in [2.75, 3.05) is 6.61 Å². The summed E-state index contributed by atoms with van der Waals surface area (Å²) in [5.74, 6) is 0.334. The van der Waals surface area contributed by atoms with Crippen LogP contribution in [0.5, 0.6) is 0 Å². The van der Waals surface area contributed by atoms with Gasteiger partial charge in [0.05, 0.1) is 30.1 Å². The summed E-state index contributed by atoms with van der Waals surface area (Å²) in [7, 11) is 0. The highest BCUT2D eigenvalue weighted by Crippen LogP contribution is 2.16. The van der Waals surface area contributed by atoms with Gasteiger partial charge in [-0.25, -0.2) is 9.78 Å². The van der Waals surface area contributed by atoms with Gasteiger partial charge in [0.25, 0.3) is 0 Å². The van der Waals surface area contributed by atoms with Gasteiger partial charge in [-0.15, -0.1) is 0 Å². The van der Waals surface area contributed by atoms with E-state index in [1.807, 2.05) is 28.8 Å². The molecule has 2 rings (SSSR count). The summed E-state index contributed by atoms with van der Waals surface area (Å²) in [4.78, 5) is 15.7. The molecule has 0 saturated heterocycles. The predicted octanol–water partition coefficient (Wildman–Crippen LogP) is 2.22. The summed E-state index contributed by atoms with van der Waals surface area (Å²) in [6, 6.07) is 9.79. The van der Waals surface area contributed by atoms with Crippen LogP contribution in [0.15, 0.2) is 36.4 Å². The standard InChI is InChI=1S/C15H15N3O2/c1-2-20-15(19)8-5-11-18-13-7-4-3-6-12(13)17-14(18)9-10-16/h3-8H,2,9,11H2,1H3/b8-5+. The van der Waals surface area contributed by atoms with Crippen LogP contribution in [0.4, 0.5) is 0 Å². The van der Waals surface area contributed by atoms with Crippen LogP contribution in [-0.2, 0) is 22.5 Å². The maximum absolute atomic E-state index is 11.3. The number of carbonyl (C=O) groups is 1. The largest absolute Gasteiger partial charge is 0.463 e. The molecule has 0 aliphatic carbocycles. The number of fused-ring (bicyclic) bond motifs is 1. The van der Waals surface area contributed by atoms with E-state index in [4.69, 9.17) is 10.00 Å². The molecular weight excluding hydrogens is 254 g/mol. The average Bonchev–Trinajstić information content (AvgIpc) is 2.78. The number of rotatable bonds is 5. The maximum atomic E-state index is 11.3. The van der Waals surface area contributed by atoms with Gasteiger partial charge in [-0.1, -0.05) is 18.2 Å². The normalized spacial score (nSPS) is 10.8. The number of para-hydroxylation sites is 2. The van der Waals surface area contributed by atoms with Gasteiger partial charge in [0.2, 0.25) is 0 Å². The van der Waals surface area contributed by atoms with E-state index in [-0.39, 0.29) is 12.4 Å². The number of ether oxygens (including phenoxy) is 1. The minimum absolute atomic E-state index is 0.238. The molecule has 0 fully saturated rings. The van der Waals surface area contributed by atoms with Crippen molar-refractivity contribution in [3.8, 4) is 6.07 Å². The highest BCUT2D eigenvalue weighted by Gasteiger charge is 2.08. The number of aromatic nitrogens is 2. The van der Waals surface area contributed by atoms with Crippen LogP contribution in [0.25, 0.3) is 11.0 Å². The van der Waals surface area contributed by atoms with Gasteiger partial charge >= 0.3 is 5.97 Å². The molecule has 5 nitrogen and oxygen atoms in total. The molecule has 1 aromatic heterocycles. The first kappa shape index (κ1) is 13.8. The van der Waals surface area contributed by atoms with E-state index >= 15 is 0 Å². The Hall–Kier alpha value is -2.61. The van der Waals surface area contributed by atoms with Crippen LogP contribution in [0.1, 0.15) is 12.7 Å². The van der Waals surface area contributed by atoms with Crippen LogP contribution in [0, 0.1) is 11.3 Å². The van der Waals surface area contributed by atoms with Crippen molar-refractivity contribution < 1.29 is 9.53 Å². The molecule has 0 atom stereocenters. The molecule has 0 amide bonds. The predicted molar refractivity (Wildman–Crippen MR) is 74.8 cm³/mol. The van der Waals surface area contributed by atoms with Crippen molar-refractivity contribution in [1.82, 2.24) is 9.55 Å². The minimum atomic E-state index is -0.362. The molecule has 0 saturated carbocycles. The Bertz CT molecular complexity index is 680. The number of nitrogens with zero attached hydrogens (tertiary/aromatic N) is 3. The molecule has 1 heterocycles. The number of benzene rings is 1. The Labute approximate surface area is 117 Å². The second-order valence-corrected chi connectivity index (χ2v) is 4.12. The highest BCUT2D eigenvalue weighted by atomic mass is 16.5. The molecule has 0 spiro atoms. The second-order valence-electron chi connectivity index (χ2n) is 4.12. The first-order valence-electron chi connectivity index (χ1n) is 6.40. The molecular formula is C15H15N3O2. The zero-order valence-electron chi connectivity index (χ0n) is 11.2. The lowest BCUT2D eigenvalue weighted by Gasteiger charge is -2.03. The number of allylic oxidation sites excluding steroid dienone is 1. The van der Waals surface area contributed by atoms with Crippen LogP contribution >= 0.6 is 0 Å². The third-order valence-electron chi connectivity index (χ3n) is 2.80. The van der Waals surface area contributed by atoms with Gasteiger partial charge in [-0.2, -0.15) is 5.26 Å². The fourth-order valence-corrected chi connectivity index (χ4v) is 1.98. The number of hydrogen-bond donors (Lipinski definition) is 0. The number of imidazole rings is 1. The van der Waals surface area contributed by atoms with Gasteiger partial charge in [0, 0.05) is 12.6 Å². The van der Waals surface area contributed by atoms with Crippen molar-refractivity contribution in [3.63, 3.8) is 0 Å². The quantitative estimate of drug-likeness (QED) is 0.616. The van der Waals surface area contributed by atoms with Crippen molar-refractivity contribution >= 4 is 17.0 Å². The Morgan fingerprint density at radius 3 is 3.05 bits per heavy atom. The summed E-state index contributed by atoms with van der Waals surface area (Å²) < 4.78 is 6.75. The molecule has 0 aliphatic rings. The third-order valence-corrected chi connectivity index (χ3v) is 2.80. The Kier molecular flexibility index (Phi) is 4.51. The van der Waals surface area contributed by atoms with Gasteiger partial charge in [0.15, 0.2) is 0 Å². The molecule has 102 valence electrons. The lowest BCUT2D eigenvalue weighted by atomic mass is 10.3. The van der Waals surface area contributed by atoms with Crippen molar-refractivity contribution in [2.24, 2.45) is 0 Å². The van der Waals surface area contributed by atoms with Crippen LogP contribution in [0.2, 0.25) is 0 Å². The summed E-state index contributed by atoms with van der Waals surface area (Å²) in [5, 5.41) is 8.86. The van der Waals surface area contributed by atoms with E-state index in [0.717, 1.165) is 11.0 Å². The van der Waals surface area contributed by atoms with Gasteiger partial charge in [0.1, 0.15) is 5.82 Å². The average molecular weight is 269 g/mol. The van der Waals surface area contributed by atoms with Gasteiger partial charge in [-0.05, 0) is 19.1 Å². The van der Waals surface area contributed by atoms with Crippen LogP contribution < -0.4 is 0 Å². The van der Waals surface area contributed by atoms with E-state index < -0.39 is 0 Å². The molecule has 0 aliphatic heterocycles. The molecule has 20 heavy (non-hydrogen) atoms. The van der Waals surface area contributed by atoms with E-state index in [1.54, 1.807) is 13.0 Å². The molecule has 0 N–H and O–H groups in total. The maximum Gasteiger partial charge on any atom is 0.330 e. The summed E-state index contributed by atoms with van der Waals surface area (Å²) in [6.07, 6.45) is 3.35. The zero-order valence-corrected chi connectivity index (χ0v) is 11.2. The molecule has 1 aromatic carbocycles. The van der Waals surface area contributed by atoms with Crippen molar-refractivity contribution in [3.05, 3.63) is 42.2 Å². The Morgan fingerprint density at radius 1 is 1.50 bits per heavy atom. The lowest BCUT2D eigenvalue weighted by molar-refractivity contribution is -0.137. The van der Waals surface area contributed by atoms with E-state index in [1.165, 1.54) is 6.08 Å². The SMILES string of the molecule is CCOC(=O)/C=C/Cn1c(CC#N)nc2ccccc21. The molecule has 5 heteroatoms. The number of carbonyl (C=O) groups excluding carboxylic acids is 1. The van der Waals surface area contributed by atoms with E-state index in [2.05, 4.69) is 11.1 Å². The van der Waals surface area contributed by atoms with Gasteiger partial charge in [-0.3, -0.25) is 0 Å². The Morgan fingerprint density at radius 2 is 2.30 bits per heavy atom. The first-order valence-corrected chi connectivity index (χ1v) is 6.40. The first-order chi connectivity index (χ1) is 9.76. The highest BCUT2D eigenvalue weighted by molar-refractivity contribution is 5.82. The fourth-order valence-electron chi connectivity index (χ4n) is 1.98. The summed E-state index contributed by atoms with van der Waals surface area (Å²) in [5.41, 5.74) is 1.80. The van der Waals surface area contributed by atoms with Crippen molar-refractivity contribution in [2.45, 2.75) is 19.9 Å². The molecule has 2 aromatic rings. The molecule has 0 bridgehead atoms. The number of nitriles is 1. The van der Waals surface area contributed by atoms with E-state index in [9.17, 15) is 4.79 Å². The zero-order chi connectivity index (χ0) is 14.4. The van der Waals surface area contributed by atoms with Crippen LogP contribution in [-0.4, -0.2) is 22.1 Å². The second kappa shape index (κ2) is 6.53. The summed E-state index contributed by atoms with van der Waals surface area (Å²) in [6.45, 7) is 2.60. The van der Waals surface area contributed by atoms with Crippen LogP contribution in [0.3, 0.4) is 0 Å². The topological polar surface area (TPSA) is 67.9 Å². The summed E-state index contributed by atoms with van der Waals surface area (Å²) >= 11 is 0. The fraction of sp³-hybridized carbons (Fsp3) is 0.267. The lowest BCUT2D eigenvalue weighted by Crippen LogP contribution is -2.03. The third kappa shape index (κ3) is 3.04. The Balaban J connectivity index is 2.25. The monoisotopic (exact) mass is 269 g/mol. The number of hydrogen-bond acceptors (Lipinski definition) is 4. The van der Waals surface area contributed by atoms with Crippen molar-refractivity contribution in [1.29, 1.82) is 5.26 Å². The molecule has 0 radical (unpaired) electrons. The molecule has 0 unspecified atom stereocenters. The minimum Gasteiger partial charge on any atom is -0.463 e. The number of esters is 1. The smallest absolute Gasteiger partial charge is 0.330 e.